The topological polar surface area (TPSA) is 65.2 Å². The first-order valence-corrected chi connectivity index (χ1v) is 11.1. The van der Waals surface area contributed by atoms with E-state index in [1.165, 1.54) is 0 Å². The lowest BCUT2D eigenvalue weighted by Crippen LogP contribution is -2.47. The predicted octanol–water partition coefficient (Wildman–Crippen LogP) is 3.99. The quantitative estimate of drug-likeness (QED) is 0.606. The van der Waals surface area contributed by atoms with Gasteiger partial charge in [0.15, 0.2) is 0 Å². The molecular weight excluding hydrogens is 422 g/mol. The van der Waals surface area contributed by atoms with E-state index < -0.39 is 0 Å². The number of nitriles is 1. The standard InChI is InChI=1S/C25H26ClN5O/c1-17-23(18(2)31(28-17)21-9-8-20(16-27)24(26)15-21)14-19-6-4-5-7-22(19)25(32)30-12-10-29(3)11-13-30/h4-9,15H,10-14H2,1-3H3. The van der Waals surface area contributed by atoms with Crippen molar-refractivity contribution in [2.45, 2.75) is 20.3 Å². The number of benzene rings is 2. The van der Waals surface area contributed by atoms with Crippen LogP contribution in [0.25, 0.3) is 5.69 Å². The molecule has 32 heavy (non-hydrogen) atoms. The highest BCUT2D eigenvalue weighted by Gasteiger charge is 2.23. The minimum Gasteiger partial charge on any atom is -0.336 e. The van der Waals surface area contributed by atoms with Gasteiger partial charge in [0.25, 0.3) is 5.91 Å². The van der Waals surface area contributed by atoms with Crippen molar-refractivity contribution >= 4 is 17.5 Å². The zero-order valence-corrected chi connectivity index (χ0v) is 19.4. The Balaban J connectivity index is 1.64. The predicted molar refractivity (Wildman–Crippen MR) is 125 cm³/mol. The molecule has 0 aliphatic carbocycles. The fourth-order valence-electron chi connectivity index (χ4n) is 4.16. The van der Waals surface area contributed by atoms with Gasteiger partial charge in [-0.15, -0.1) is 0 Å². The first kappa shape index (κ1) is 22.1. The van der Waals surface area contributed by atoms with E-state index in [1.807, 2.05) is 53.8 Å². The Morgan fingerprint density at radius 1 is 1.12 bits per heavy atom. The summed E-state index contributed by atoms with van der Waals surface area (Å²) in [7, 11) is 2.08. The van der Waals surface area contributed by atoms with Gasteiger partial charge in [-0.3, -0.25) is 4.79 Å². The van der Waals surface area contributed by atoms with Crippen LogP contribution in [0.3, 0.4) is 0 Å². The average Bonchev–Trinajstić information content (AvgIpc) is 3.08. The van der Waals surface area contributed by atoms with Crippen LogP contribution in [0.1, 0.15) is 38.4 Å². The second-order valence-electron chi connectivity index (χ2n) is 8.27. The molecular formula is C25H26ClN5O. The van der Waals surface area contributed by atoms with Gasteiger partial charge in [-0.2, -0.15) is 10.4 Å². The number of piperazine rings is 1. The van der Waals surface area contributed by atoms with Crippen LogP contribution < -0.4 is 0 Å². The molecule has 7 heteroatoms. The van der Waals surface area contributed by atoms with Gasteiger partial charge in [-0.05, 0) is 50.7 Å². The zero-order valence-electron chi connectivity index (χ0n) is 18.6. The largest absolute Gasteiger partial charge is 0.336 e. The highest BCUT2D eigenvalue weighted by molar-refractivity contribution is 6.31. The summed E-state index contributed by atoms with van der Waals surface area (Å²) < 4.78 is 1.85. The van der Waals surface area contributed by atoms with E-state index in [9.17, 15) is 4.79 Å². The highest BCUT2D eigenvalue weighted by Crippen LogP contribution is 2.26. The Morgan fingerprint density at radius 2 is 1.84 bits per heavy atom. The smallest absolute Gasteiger partial charge is 0.254 e. The molecule has 3 aromatic rings. The van der Waals surface area contributed by atoms with Crippen molar-refractivity contribution in [1.29, 1.82) is 5.26 Å². The first-order valence-electron chi connectivity index (χ1n) is 10.7. The van der Waals surface area contributed by atoms with Gasteiger partial charge in [-0.1, -0.05) is 29.8 Å². The third-order valence-electron chi connectivity index (χ3n) is 6.16. The number of aryl methyl sites for hydroxylation is 1. The SMILES string of the molecule is Cc1nn(-c2ccc(C#N)c(Cl)c2)c(C)c1Cc1ccccc1C(=O)N1CCN(C)CC1. The van der Waals surface area contributed by atoms with E-state index in [1.54, 1.807) is 12.1 Å². The summed E-state index contributed by atoms with van der Waals surface area (Å²) in [4.78, 5) is 17.4. The average molecular weight is 448 g/mol. The number of halogens is 1. The number of nitrogens with zero attached hydrogens (tertiary/aromatic N) is 5. The fourth-order valence-corrected chi connectivity index (χ4v) is 4.38. The summed E-state index contributed by atoms with van der Waals surface area (Å²) in [6.45, 7) is 7.29. The molecule has 0 spiro atoms. The molecule has 0 unspecified atom stereocenters. The molecule has 1 aliphatic rings. The van der Waals surface area contributed by atoms with Crippen molar-refractivity contribution in [1.82, 2.24) is 19.6 Å². The molecule has 1 fully saturated rings. The zero-order chi connectivity index (χ0) is 22.8. The van der Waals surface area contributed by atoms with Crippen LogP contribution in [0, 0.1) is 25.2 Å². The van der Waals surface area contributed by atoms with Crippen LogP contribution in [-0.4, -0.2) is 58.7 Å². The maximum absolute atomic E-state index is 13.3. The van der Waals surface area contributed by atoms with Gasteiger partial charge in [0.2, 0.25) is 0 Å². The van der Waals surface area contributed by atoms with Gasteiger partial charge >= 0.3 is 0 Å². The summed E-state index contributed by atoms with van der Waals surface area (Å²) in [6, 6.07) is 15.2. The number of rotatable bonds is 4. The molecule has 4 rings (SSSR count). The van der Waals surface area contributed by atoms with Gasteiger partial charge in [0.1, 0.15) is 6.07 Å². The first-order chi connectivity index (χ1) is 15.4. The van der Waals surface area contributed by atoms with Crippen molar-refractivity contribution in [3.8, 4) is 11.8 Å². The van der Waals surface area contributed by atoms with Crippen molar-refractivity contribution in [3.05, 3.63) is 81.1 Å². The maximum atomic E-state index is 13.3. The second-order valence-corrected chi connectivity index (χ2v) is 8.67. The molecule has 2 aromatic carbocycles. The van der Waals surface area contributed by atoms with Crippen LogP contribution in [0.4, 0.5) is 0 Å². The van der Waals surface area contributed by atoms with Gasteiger partial charge in [-0.25, -0.2) is 4.68 Å². The summed E-state index contributed by atoms with van der Waals surface area (Å²) in [5.74, 6) is 0.0928. The van der Waals surface area contributed by atoms with E-state index in [0.717, 1.165) is 59.9 Å². The molecule has 0 N–H and O–H groups in total. The van der Waals surface area contributed by atoms with Crippen LogP contribution in [0.2, 0.25) is 5.02 Å². The van der Waals surface area contributed by atoms with Crippen molar-refractivity contribution in [2.24, 2.45) is 0 Å². The van der Waals surface area contributed by atoms with Crippen molar-refractivity contribution in [2.75, 3.05) is 33.2 Å². The number of carbonyl (C=O) groups excluding carboxylic acids is 1. The molecule has 1 saturated heterocycles. The molecule has 1 aliphatic heterocycles. The number of amides is 1. The van der Waals surface area contributed by atoms with Crippen molar-refractivity contribution in [3.63, 3.8) is 0 Å². The molecule has 1 aromatic heterocycles. The Bertz CT molecular complexity index is 1200. The van der Waals surface area contributed by atoms with Crippen LogP contribution in [0.15, 0.2) is 42.5 Å². The summed E-state index contributed by atoms with van der Waals surface area (Å²) in [6.07, 6.45) is 0.622. The normalized spacial score (nSPS) is 14.4. The lowest BCUT2D eigenvalue weighted by atomic mass is 9.97. The number of aromatic nitrogens is 2. The van der Waals surface area contributed by atoms with E-state index in [0.29, 0.717) is 17.0 Å². The minimum atomic E-state index is 0.0928. The minimum absolute atomic E-state index is 0.0928. The Morgan fingerprint density at radius 3 is 2.53 bits per heavy atom. The number of likely N-dealkylation sites (N-methyl/N-ethyl adjacent to an activating group) is 1. The van der Waals surface area contributed by atoms with Crippen LogP contribution >= 0.6 is 11.6 Å². The van der Waals surface area contributed by atoms with E-state index in [4.69, 9.17) is 22.0 Å². The van der Waals surface area contributed by atoms with E-state index >= 15 is 0 Å². The molecule has 0 saturated carbocycles. The van der Waals surface area contributed by atoms with Crippen LogP contribution in [-0.2, 0) is 6.42 Å². The van der Waals surface area contributed by atoms with Gasteiger partial charge in [0, 0.05) is 49.4 Å². The lowest BCUT2D eigenvalue weighted by molar-refractivity contribution is 0.0663. The van der Waals surface area contributed by atoms with Crippen LogP contribution in [0.5, 0.6) is 0 Å². The molecule has 6 nitrogen and oxygen atoms in total. The molecule has 2 heterocycles. The Kier molecular flexibility index (Phi) is 6.31. The summed E-state index contributed by atoms with van der Waals surface area (Å²) >= 11 is 6.24. The van der Waals surface area contributed by atoms with Crippen molar-refractivity contribution < 1.29 is 4.79 Å². The molecule has 164 valence electrons. The number of hydrogen-bond donors (Lipinski definition) is 0. The molecule has 1 amide bonds. The number of hydrogen-bond acceptors (Lipinski definition) is 4. The molecule has 0 bridgehead atoms. The molecule has 0 atom stereocenters. The fraction of sp³-hybridized carbons (Fsp3) is 0.320. The van der Waals surface area contributed by atoms with E-state index in [2.05, 4.69) is 18.0 Å². The summed E-state index contributed by atoms with van der Waals surface area (Å²) in [5, 5.41) is 14.3. The Labute approximate surface area is 193 Å². The highest BCUT2D eigenvalue weighted by atomic mass is 35.5. The lowest BCUT2D eigenvalue weighted by Gasteiger charge is -2.32. The Hall–Kier alpha value is -3.14. The molecule has 0 radical (unpaired) electrons. The second kappa shape index (κ2) is 9.15. The van der Waals surface area contributed by atoms with Gasteiger partial charge in [0.05, 0.1) is 22.0 Å². The third-order valence-corrected chi connectivity index (χ3v) is 6.48. The van der Waals surface area contributed by atoms with E-state index in [-0.39, 0.29) is 5.91 Å². The summed E-state index contributed by atoms with van der Waals surface area (Å²) in [5.41, 5.74) is 5.99. The van der Waals surface area contributed by atoms with Gasteiger partial charge < -0.3 is 9.80 Å². The maximum Gasteiger partial charge on any atom is 0.254 e. The number of carbonyl (C=O) groups is 1. The third kappa shape index (κ3) is 4.27. The monoisotopic (exact) mass is 447 g/mol.